The fourth-order valence-corrected chi connectivity index (χ4v) is 4.24. The lowest BCUT2D eigenvalue weighted by molar-refractivity contribution is 0.0191. The van der Waals surface area contributed by atoms with Gasteiger partial charge in [0.1, 0.15) is 17.2 Å². The van der Waals surface area contributed by atoms with Crippen molar-refractivity contribution < 1.29 is 9.57 Å². The average molecular weight is 485 g/mol. The van der Waals surface area contributed by atoms with E-state index in [0.29, 0.717) is 10.9 Å². The normalized spacial score (nSPS) is 15.4. The van der Waals surface area contributed by atoms with Crippen LogP contribution in [0.2, 0.25) is 5.15 Å². The number of ether oxygens (including phenoxy) is 1. The summed E-state index contributed by atoms with van der Waals surface area (Å²) in [7, 11) is 3.62. The second kappa shape index (κ2) is 9.68. The van der Waals surface area contributed by atoms with Gasteiger partial charge in [0.2, 0.25) is 6.23 Å². The Morgan fingerprint density at radius 3 is 2.51 bits per heavy atom. The lowest BCUT2D eigenvalue weighted by Gasteiger charge is -2.20. The number of halogens is 1. The summed E-state index contributed by atoms with van der Waals surface area (Å²) in [5.74, 6) is 1.43. The molecule has 35 heavy (non-hydrogen) atoms. The van der Waals surface area contributed by atoms with Crippen molar-refractivity contribution in [2.24, 2.45) is 5.16 Å². The molecule has 7 heteroatoms. The highest BCUT2D eigenvalue weighted by Crippen LogP contribution is 2.31. The zero-order valence-corrected chi connectivity index (χ0v) is 20.5. The van der Waals surface area contributed by atoms with Crippen LogP contribution in [-0.2, 0) is 4.84 Å². The van der Waals surface area contributed by atoms with Gasteiger partial charge in [-0.1, -0.05) is 77.4 Å². The van der Waals surface area contributed by atoms with E-state index in [9.17, 15) is 0 Å². The zero-order chi connectivity index (χ0) is 24.4. The molecule has 0 saturated carbocycles. The number of hydrogen-bond acceptors (Lipinski definition) is 5. The van der Waals surface area contributed by atoms with Crippen molar-refractivity contribution in [2.45, 2.75) is 13.2 Å². The molecule has 0 bridgehead atoms. The molecular formula is C28H25ClN4O2. The van der Waals surface area contributed by atoms with Crippen molar-refractivity contribution in [2.75, 3.05) is 14.2 Å². The van der Waals surface area contributed by atoms with Crippen molar-refractivity contribution in [3.05, 3.63) is 107 Å². The van der Waals surface area contributed by atoms with Gasteiger partial charge < -0.3 is 14.5 Å². The molecule has 0 amide bonds. The van der Waals surface area contributed by atoms with Crippen molar-refractivity contribution in [1.29, 1.82) is 0 Å². The topological polar surface area (TPSA) is 51.9 Å². The van der Waals surface area contributed by atoms with Crippen LogP contribution in [0.4, 0.5) is 0 Å². The second-order valence-electron chi connectivity index (χ2n) is 8.27. The molecule has 6 nitrogen and oxygen atoms in total. The Kier molecular flexibility index (Phi) is 6.29. The van der Waals surface area contributed by atoms with Crippen LogP contribution < -0.4 is 4.74 Å². The molecule has 1 unspecified atom stereocenters. The van der Waals surface area contributed by atoms with E-state index in [0.717, 1.165) is 33.9 Å². The summed E-state index contributed by atoms with van der Waals surface area (Å²) in [5, 5.41) is 4.87. The fraction of sp³-hybridized carbons (Fsp3) is 0.143. The van der Waals surface area contributed by atoms with Gasteiger partial charge in [-0.05, 0) is 47.9 Å². The molecule has 4 aromatic rings. The van der Waals surface area contributed by atoms with Gasteiger partial charge in [0.15, 0.2) is 5.84 Å². The molecule has 0 aliphatic carbocycles. The number of likely N-dealkylation sites (N-methyl/N-ethyl adjacent to an activating group) is 1. The lowest BCUT2D eigenvalue weighted by Crippen LogP contribution is -2.24. The maximum Gasteiger partial charge on any atom is 0.227 e. The highest BCUT2D eigenvalue weighted by Gasteiger charge is 2.27. The Morgan fingerprint density at radius 2 is 1.77 bits per heavy atom. The van der Waals surface area contributed by atoms with Crippen LogP contribution in [0.3, 0.4) is 0 Å². The standard InChI is InChI=1S/C28H25ClN4O2/c1-19-27(29)33(18-30-19)24-14-12-20(16-25(24)34-3)13-15-26-31-35-28(32(26)2)23-11-7-10-22(17-23)21-8-5-4-6-9-21/h4-18,28H,1-3H3. The first kappa shape index (κ1) is 22.7. The van der Waals surface area contributed by atoms with Crippen molar-refractivity contribution >= 4 is 23.5 Å². The number of aromatic nitrogens is 2. The van der Waals surface area contributed by atoms with Gasteiger partial charge >= 0.3 is 0 Å². The summed E-state index contributed by atoms with van der Waals surface area (Å²) in [4.78, 5) is 12.1. The van der Waals surface area contributed by atoms with Gasteiger partial charge in [0.05, 0.1) is 18.5 Å². The Balaban J connectivity index is 1.33. The number of benzene rings is 3. The number of methoxy groups -OCH3 is 1. The van der Waals surface area contributed by atoms with Crippen molar-refractivity contribution in [3.63, 3.8) is 0 Å². The van der Waals surface area contributed by atoms with Crippen molar-refractivity contribution in [3.8, 4) is 22.6 Å². The first-order chi connectivity index (χ1) is 17.0. The van der Waals surface area contributed by atoms with Crippen LogP contribution in [0.25, 0.3) is 22.9 Å². The number of aryl methyl sites for hydroxylation is 1. The van der Waals surface area contributed by atoms with Crippen LogP contribution in [0.5, 0.6) is 5.75 Å². The minimum Gasteiger partial charge on any atom is -0.495 e. The summed E-state index contributed by atoms with van der Waals surface area (Å²) in [6.07, 6.45) is 5.32. The number of nitrogens with zero attached hydrogens (tertiary/aromatic N) is 4. The summed E-state index contributed by atoms with van der Waals surface area (Å²) >= 11 is 6.38. The largest absolute Gasteiger partial charge is 0.495 e. The van der Waals surface area contributed by atoms with Gasteiger partial charge in [-0.25, -0.2) is 4.98 Å². The molecule has 3 aromatic carbocycles. The average Bonchev–Trinajstić information content (AvgIpc) is 3.44. The number of amidine groups is 1. The number of oxime groups is 1. The molecule has 1 atom stereocenters. The van der Waals surface area contributed by atoms with Crippen molar-refractivity contribution in [1.82, 2.24) is 14.5 Å². The van der Waals surface area contributed by atoms with E-state index in [4.69, 9.17) is 21.2 Å². The maximum atomic E-state index is 6.38. The molecule has 1 aliphatic heterocycles. The quantitative estimate of drug-likeness (QED) is 0.313. The minimum absolute atomic E-state index is 0.290. The molecule has 0 spiro atoms. The maximum absolute atomic E-state index is 6.38. The Morgan fingerprint density at radius 1 is 0.971 bits per heavy atom. The number of imidazole rings is 1. The first-order valence-corrected chi connectivity index (χ1v) is 11.6. The van der Waals surface area contributed by atoms with E-state index in [2.05, 4.69) is 40.5 Å². The van der Waals surface area contributed by atoms with E-state index in [1.165, 1.54) is 5.56 Å². The molecule has 0 fully saturated rings. The highest BCUT2D eigenvalue weighted by molar-refractivity contribution is 6.30. The number of rotatable bonds is 6. The number of hydrogen-bond donors (Lipinski definition) is 0. The molecule has 0 saturated heterocycles. The third-order valence-electron chi connectivity index (χ3n) is 6.00. The summed E-state index contributed by atoms with van der Waals surface area (Å²) < 4.78 is 7.42. The Hall–Kier alpha value is -4.03. The van der Waals surface area contributed by atoms with E-state index in [1.54, 1.807) is 18.0 Å². The summed E-state index contributed by atoms with van der Waals surface area (Å²) in [5.41, 5.74) is 5.91. The van der Waals surface area contributed by atoms with Gasteiger partial charge in [-0.3, -0.25) is 4.57 Å². The predicted molar refractivity (Wildman–Crippen MR) is 140 cm³/mol. The molecule has 0 radical (unpaired) electrons. The van der Waals surface area contributed by atoms with Crippen LogP contribution in [0.15, 0.2) is 90.4 Å². The Labute approximate surface area is 209 Å². The first-order valence-electron chi connectivity index (χ1n) is 11.2. The smallest absolute Gasteiger partial charge is 0.227 e. The molecule has 5 rings (SSSR count). The third kappa shape index (κ3) is 4.53. The zero-order valence-electron chi connectivity index (χ0n) is 19.7. The van der Waals surface area contributed by atoms with E-state index < -0.39 is 0 Å². The molecule has 1 aromatic heterocycles. The minimum atomic E-state index is -0.290. The second-order valence-corrected chi connectivity index (χ2v) is 8.62. The summed E-state index contributed by atoms with van der Waals surface area (Å²) in [6.45, 7) is 1.87. The van der Waals surface area contributed by atoms with Crippen LogP contribution >= 0.6 is 11.6 Å². The van der Waals surface area contributed by atoms with E-state index in [-0.39, 0.29) is 6.23 Å². The SMILES string of the molecule is COc1cc(C=CC2=NOC(c3cccc(-c4ccccc4)c3)N2C)ccc1-n1cnc(C)c1Cl. The van der Waals surface area contributed by atoms with Crippen LogP contribution in [0.1, 0.15) is 23.0 Å². The summed E-state index contributed by atoms with van der Waals surface area (Å²) in [6, 6.07) is 24.6. The van der Waals surface area contributed by atoms with Gasteiger partial charge in [0.25, 0.3) is 0 Å². The molecule has 0 N–H and O–H groups in total. The molecule has 176 valence electrons. The molecule has 2 heterocycles. The monoisotopic (exact) mass is 484 g/mol. The third-order valence-corrected chi connectivity index (χ3v) is 6.46. The predicted octanol–water partition coefficient (Wildman–Crippen LogP) is 6.50. The van der Waals surface area contributed by atoms with E-state index in [1.807, 2.05) is 73.5 Å². The molecule has 1 aliphatic rings. The van der Waals surface area contributed by atoms with Gasteiger partial charge in [-0.2, -0.15) is 0 Å². The van der Waals surface area contributed by atoms with Gasteiger partial charge in [0, 0.05) is 12.6 Å². The van der Waals surface area contributed by atoms with Crippen LogP contribution in [-0.4, -0.2) is 34.4 Å². The van der Waals surface area contributed by atoms with E-state index >= 15 is 0 Å². The van der Waals surface area contributed by atoms with Crippen LogP contribution in [0, 0.1) is 6.92 Å². The fourth-order valence-electron chi connectivity index (χ4n) is 4.05. The lowest BCUT2D eigenvalue weighted by atomic mass is 10.0. The molecular weight excluding hydrogens is 460 g/mol. The highest BCUT2D eigenvalue weighted by atomic mass is 35.5. The van der Waals surface area contributed by atoms with Gasteiger partial charge in [-0.15, -0.1) is 0 Å². The Bertz CT molecular complexity index is 1410.